The molecule has 7 heteroatoms. The highest BCUT2D eigenvalue weighted by atomic mass is 79.9. The third-order valence-electron chi connectivity index (χ3n) is 2.35. The first-order chi connectivity index (χ1) is 9.56. The van der Waals surface area contributed by atoms with Gasteiger partial charge in [-0.1, -0.05) is 23.4 Å². The number of hydrogen-bond donors (Lipinski definition) is 2. The standard InChI is InChI=1S/C13H11BrClN3OS/c14-9-2-1-5-17-13(9)20-7-12(19)18-11-6-8(15)3-4-10(11)16/h1-6H,7,16H2,(H,18,19). The summed E-state index contributed by atoms with van der Waals surface area (Å²) in [7, 11) is 0. The van der Waals surface area contributed by atoms with Gasteiger partial charge in [0.2, 0.25) is 5.91 Å². The zero-order valence-electron chi connectivity index (χ0n) is 10.3. The van der Waals surface area contributed by atoms with Gasteiger partial charge < -0.3 is 11.1 Å². The lowest BCUT2D eigenvalue weighted by Crippen LogP contribution is -2.15. The van der Waals surface area contributed by atoms with Crippen molar-refractivity contribution in [2.45, 2.75) is 5.03 Å². The van der Waals surface area contributed by atoms with Crippen molar-refractivity contribution in [2.24, 2.45) is 0 Å². The summed E-state index contributed by atoms with van der Waals surface area (Å²) < 4.78 is 0.861. The van der Waals surface area contributed by atoms with Crippen LogP contribution < -0.4 is 11.1 Å². The van der Waals surface area contributed by atoms with Crippen LogP contribution in [0, 0.1) is 0 Å². The summed E-state index contributed by atoms with van der Waals surface area (Å²) in [6.07, 6.45) is 1.68. The van der Waals surface area contributed by atoms with Crippen molar-refractivity contribution < 1.29 is 4.79 Å². The molecule has 2 rings (SSSR count). The fourth-order valence-corrected chi connectivity index (χ4v) is 2.89. The number of pyridine rings is 1. The smallest absolute Gasteiger partial charge is 0.234 e. The van der Waals surface area contributed by atoms with E-state index in [1.54, 1.807) is 24.4 Å². The number of carbonyl (C=O) groups is 1. The third-order valence-corrected chi connectivity index (χ3v) is 4.50. The monoisotopic (exact) mass is 371 g/mol. The van der Waals surface area contributed by atoms with E-state index in [-0.39, 0.29) is 11.7 Å². The number of amides is 1. The minimum Gasteiger partial charge on any atom is -0.397 e. The molecule has 4 nitrogen and oxygen atoms in total. The van der Waals surface area contributed by atoms with Crippen molar-refractivity contribution in [3.8, 4) is 0 Å². The van der Waals surface area contributed by atoms with Gasteiger partial charge in [-0.15, -0.1) is 0 Å². The molecule has 0 aliphatic carbocycles. The second-order valence-corrected chi connectivity index (χ2v) is 6.11. The molecule has 0 spiro atoms. The Kier molecular flexibility index (Phi) is 5.28. The van der Waals surface area contributed by atoms with Crippen LogP contribution in [0.3, 0.4) is 0 Å². The molecule has 0 fully saturated rings. The van der Waals surface area contributed by atoms with Crippen molar-refractivity contribution in [1.82, 2.24) is 4.98 Å². The van der Waals surface area contributed by atoms with Gasteiger partial charge >= 0.3 is 0 Å². The molecule has 0 aliphatic heterocycles. The molecule has 0 unspecified atom stereocenters. The van der Waals surface area contributed by atoms with Crippen molar-refractivity contribution in [3.63, 3.8) is 0 Å². The minimum atomic E-state index is -0.165. The summed E-state index contributed by atoms with van der Waals surface area (Å²) in [5.74, 6) is 0.0724. The number of hydrogen-bond acceptors (Lipinski definition) is 4. The average Bonchev–Trinajstić information content (AvgIpc) is 2.42. The summed E-state index contributed by atoms with van der Waals surface area (Å²) in [6.45, 7) is 0. The van der Waals surface area contributed by atoms with Gasteiger partial charge in [0.25, 0.3) is 0 Å². The van der Waals surface area contributed by atoms with Crippen LogP contribution in [-0.2, 0) is 4.79 Å². The highest BCUT2D eigenvalue weighted by molar-refractivity contribution is 9.10. The summed E-state index contributed by atoms with van der Waals surface area (Å²) in [4.78, 5) is 16.1. The van der Waals surface area contributed by atoms with Gasteiger partial charge in [0.1, 0.15) is 5.03 Å². The first-order valence-electron chi connectivity index (χ1n) is 5.64. The maximum Gasteiger partial charge on any atom is 0.234 e. The third kappa shape index (κ3) is 4.13. The fraction of sp³-hybridized carbons (Fsp3) is 0.0769. The SMILES string of the molecule is Nc1ccc(Cl)cc1NC(=O)CSc1ncccc1Br. The number of anilines is 2. The number of aromatic nitrogens is 1. The van der Waals surface area contributed by atoms with Crippen LogP contribution in [0.15, 0.2) is 46.0 Å². The lowest BCUT2D eigenvalue weighted by atomic mass is 10.2. The Bertz CT molecular complexity index is 639. The Morgan fingerprint density at radius 3 is 3.00 bits per heavy atom. The largest absolute Gasteiger partial charge is 0.397 e. The van der Waals surface area contributed by atoms with Crippen LogP contribution in [0.25, 0.3) is 0 Å². The average molecular weight is 373 g/mol. The quantitative estimate of drug-likeness (QED) is 0.632. The molecular weight excluding hydrogens is 362 g/mol. The lowest BCUT2D eigenvalue weighted by molar-refractivity contribution is -0.113. The second kappa shape index (κ2) is 6.97. The predicted octanol–water partition coefficient (Wildman–Crippen LogP) is 3.81. The topological polar surface area (TPSA) is 68.0 Å². The number of rotatable bonds is 4. The molecule has 0 saturated carbocycles. The number of halogens is 2. The van der Waals surface area contributed by atoms with Gasteiger partial charge in [-0.05, 0) is 46.3 Å². The number of carbonyl (C=O) groups excluding carboxylic acids is 1. The molecule has 0 atom stereocenters. The molecule has 0 aliphatic rings. The van der Waals surface area contributed by atoms with Crippen LogP contribution >= 0.6 is 39.3 Å². The predicted molar refractivity (Wildman–Crippen MR) is 87.2 cm³/mol. The summed E-state index contributed by atoms with van der Waals surface area (Å²) >= 11 is 10.6. The van der Waals surface area contributed by atoms with Crippen LogP contribution in [0.1, 0.15) is 0 Å². The van der Waals surface area contributed by atoms with Gasteiger partial charge in [-0.25, -0.2) is 4.98 Å². The number of nitrogen functional groups attached to an aromatic ring is 1. The Hall–Kier alpha value is -1.24. The molecule has 3 N–H and O–H groups in total. The normalized spacial score (nSPS) is 10.3. The molecule has 1 amide bonds. The van der Waals surface area contributed by atoms with E-state index in [0.717, 1.165) is 9.50 Å². The maximum atomic E-state index is 11.9. The van der Waals surface area contributed by atoms with Crippen molar-refractivity contribution in [2.75, 3.05) is 16.8 Å². The van der Waals surface area contributed by atoms with Crippen molar-refractivity contribution >= 4 is 56.6 Å². The van der Waals surface area contributed by atoms with E-state index < -0.39 is 0 Å². The van der Waals surface area contributed by atoms with Gasteiger partial charge in [-0.2, -0.15) is 0 Å². The van der Waals surface area contributed by atoms with Crippen LogP contribution in [0.2, 0.25) is 5.02 Å². The van der Waals surface area contributed by atoms with E-state index >= 15 is 0 Å². The number of nitrogens with zero attached hydrogens (tertiary/aromatic N) is 1. The minimum absolute atomic E-state index is 0.165. The number of benzene rings is 1. The van der Waals surface area contributed by atoms with Gasteiger partial charge in [0.15, 0.2) is 0 Å². The molecular formula is C13H11BrClN3OS. The Labute approximate surface area is 134 Å². The van der Waals surface area contributed by atoms with Gasteiger partial charge in [0, 0.05) is 15.7 Å². The van der Waals surface area contributed by atoms with Crippen LogP contribution in [0.4, 0.5) is 11.4 Å². The zero-order chi connectivity index (χ0) is 14.5. The molecule has 1 aromatic heterocycles. The molecule has 0 radical (unpaired) electrons. The van der Waals surface area contributed by atoms with Gasteiger partial charge in [-0.3, -0.25) is 4.79 Å². The highest BCUT2D eigenvalue weighted by Gasteiger charge is 2.08. The lowest BCUT2D eigenvalue weighted by Gasteiger charge is -2.08. The number of nitrogens with one attached hydrogen (secondary N) is 1. The fourth-order valence-electron chi connectivity index (χ4n) is 1.43. The second-order valence-electron chi connectivity index (χ2n) is 3.86. The van der Waals surface area contributed by atoms with Crippen LogP contribution in [0.5, 0.6) is 0 Å². The van der Waals surface area contributed by atoms with E-state index in [4.69, 9.17) is 17.3 Å². The molecule has 104 valence electrons. The number of nitrogens with two attached hydrogens (primary N) is 1. The van der Waals surface area contributed by atoms with Crippen molar-refractivity contribution in [1.29, 1.82) is 0 Å². The summed E-state index contributed by atoms with van der Waals surface area (Å²) in [6, 6.07) is 8.64. The zero-order valence-corrected chi connectivity index (χ0v) is 13.4. The van der Waals surface area contributed by atoms with Crippen LogP contribution in [-0.4, -0.2) is 16.6 Å². The molecule has 0 bridgehead atoms. The van der Waals surface area contributed by atoms with E-state index in [1.807, 2.05) is 12.1 Å². The van der Waals surface area contributed by atoms with E-state index in [0.29, 0.717) is 16.4 Å². The number of thioether (sulfide) groups is 1. The Morgan fingerprint density at radius 1 is 1.45 bits per heavy atom. The van der Waals surface area contributed by atoms with Gasteiger partial charge in [0.05, 0.1) is 17.1 Å². The molecule has 2 aromatic rings. The van der Waals surface area contributed by atoms with Crippen molar-refractivity contribution in [3.05, 3.63) is 46.0 Å². The van der Waals surface area contributed by atoms with E-state index in [9.17, 15) is 4.79 Å². The molecule has 0 saturated heterocycles. The van der Waals surface area contributed by atoms with E-state index in [2.05, 4.69) is 26.2 Å². The highest BCUT2D eigenvalue weighted by Crippen LogP contribution is 2.26. The summed E-state index contributed by atoms with van der Waals surface area (Å²) in [5, 5.41) is 4.02. The first-order valence-corrected chi connectivity index (χ1v) is 7.80. The Balaban J connectivity index is 1.96. The van der Waals surface area contributed by atoms with E-state index in [1.165, 1.54) is 11.8 Å². The molecule has 1 heterocycles. The maximum absolute atomic E-state index is 11.9. The Morgan fingerprint density at radius 2 is 2.25 bits per heavy atom. The first kappa shape index (κ1) is 15.2. The molecule has 20 heavy (non-hydrogen) atoms. The summed E-state index contributed by atoms with van der Waals surface area (Å²) in [5.41, 5.74) is 6.76. The molecule has 1 aromatic carbocycles.